The van der Waals surface area contributed by atoms with Gasteiger partial charge in [-0.05, 0) is 17.7 Å². The number of aromatic nitrogens is 1. The molecule has 19 heavy (non-hydrogen) atoms. The second-order valence-corrected chi connectivity index (χ2v) is 4.22. The summed E-state index contributed by atoms with van der Waals surface area (Å²) in [5.41, 5.74) is 2.83. The van der Waals surface area contributed by atoms with Gasteiger partial charge in [0.1, 0.15) is 0 Å². The zero-order valence-electron chi connectivity index (χ0n) is 9.98. The zero-order valence-corrected chi connectivity index (χ0v) is 9.98. The summed E-state index contributed by atoms with van der Waals surface area (Å²) in [6, 6.07) is 16.4. The molecule has 0 spiro atoms. The van der Waals surface area contributed by atoms with E-state index in [1.807, 2.05) is 36.4 Å². The molecule has 0 saturated carbocycles. The quantitative estimate of drug-likeness (QED) is 0.513. The van der Waals surface area contributed by atoms with Crippen LogP contribution in [0.3, 0.4) is 0 Å². The molecule has 0 saturated heterocycles. The Morgan fingerprint density at radius 2 is 1.74 bits per heavy atom. The molecule has 4 nitrogen and oxygen atoms in total. The van der Waals surface area contributed by atoms with Crippen LogP contribution in [0.5, 0.6) is 0 Å². The van der Waals surface area contributed by atoms with Gasteiger partial charge in [-0.25, -0.2) is 0 Å². The van der Waals surface area contributed by atoms with E-state index in [1.54, 1.807) is 18.3 Å². The Kier molecular flexibility index (Phi) is 2.68. The van der Waals surface area contributed by atoms with Crippen LogP contribution in [0.25, 0.3) is 22.0 Å². The van der Waals surface area contributed by atoms with Crippen molar-refractivity contribution in [2.45, 2.75) is 0 Å². The first-order chi connectivity index (χ1) is 9.24. The molecule has 1 heterocycles. The van der Waals surface area contributed by atoms with Crippen molar-refractivity contribution in [2.24, 2.45) is 0 Å². The number of non-ortho nitro benzene ring substituents is 1. The third kappa shape index (κ3) is 2.15. The van der Waals surface area contributed by atoms with E-state index < -0.39 is 4.92 Å². The van der Waals surface area contributed by atoms with Crippen LogP contribution in [0, 0.1) is 10.1 Å². The van der Waals surface area contributed by atoms with Crippen LogP contribution in [-0.4, -0.2) is 9.91 Å². The molecule has 0 atom stereocenters. The molecule has 0 aliphatic carbocycles. The number of hydrogen-bond donors (Lipinski definition) is 0. The molecule has 0 unspecified atom stereocenters. The fourth-order valence-electron chi connectivity index (χ4n) is 2.02. The normalized spacial score (nSPS) is 10.5. The van der Waals surface area contributed by atoms with Gasteiger partial charge < -0.3 is 0 Å². The van der Waals surface area contributed by atoms with E-state index >= 15 is 0 Å². The molecule has 3 aromatic rings. The SMILES string of the molecule is O=[N+]([O-])c1ccc2ncc(-c3ccccc3)cc2c1. The predicted molar refractivity (Wildman–Crippen MR) is 73.8 cm³/mol. The number of fused-ring (bicyclic) bond motifs is 1. The van der Waals surface area contributed by atoms with E-state index in [0.717, 1.165) is 22.0 Å². The molecule has 0 radical (unpaired) electrons. The van der Waals surface area contributed by atoms with Gasteiger partial charge in [0, 0.05) is 29.3 Å². The smallest absolute Gasteiger partial charge is 0.258 e. The maximum Gasteiger partial charge on any atom is 0.270 e. The highest BCUT2D eigenvalue weighted by Gasteiger charge is 2.07. The lowest BCUT2D eigenvalue weighted by Gasteiger charge is -2.03. The van der Waals surface area contributed by atoms with Crippen molar-refractivity contribution in [3.8, 4) is 11.1 Å². The molecule has 1 aromatic heterocycles. The summed E-state index contributed by atoms with van der Waals surface area (Å²) >= 11 is 0. The highest BCUT2D eigenvalue weighted by atomic mass is 16.6. The zero-order chi connectivity index (χ0) is 13.2. The van der Waals surface area contributed by atoms with E-state index in [0.29, 0.717) is 0 Å². The summed E-state index contributed by atoms with van der Waals surface area (Å²) in [5.74, 6) is 0. The fraction of sp³-hybridized carbons (Fsp3) is 0. The van der Waals surface area contributed by atoms with Gasteiger partial charge in [-0.2, -0.15) is 0 Å². The highest BCUT2D eigenvalue weighted by molar-refractivity contribution is 5.85. The van der Waals surface area contributed by atoms with Gasteiger partial charge >= 0.3 is 0 Å². The van der Waals surface area contributed by atoms with Gasteiger partial charge in [-0.3, -0.25) is 15.1 Å². The minimum Gasteiger partial charge on any atom is -0.258 e. The van der Waals surface area contributed by atoms with Crippen molar-refractivity contribution < 1.29 is 4.92 Å². The van der Waals surface area contributed by atoms with Gasteiger partial charge in [-0.15, -0.1) is 0 Å². The van der Waals surface area contributed by atoms with Crippen molar-refractivity contribution in [1.29, 1.82) is 0 Å². The Morgan fingerprint density at radius 1 is 0.947 bits per heavy atom. The summed E-state index contributed by atoms with van der Waals surface area (Å²) < 4.78 is 0. The lowest BCUT2D eigenvalue weighted by atomic mass is 10.1. The first-order valence-electron chi connectivity index (χ1n) is 5.84. The summed E-state index contributed by atoms with van der Waals surface area (Å²) in [5, 5.41) is 11.6. The third-order valence-electron chi connectivity index (χ3n) is 2.98. The van der Waals surface area contributed by atoms with Crippen molar-refractivity contribution >= 4 is 16.6 Å². The Morgan fingerprint density at radius 3 is 2.47 bits per heavy atom. The van der Waals surface area contributed by atoms with Crippen molar-refractivity contribution in [2.75, 3.05) is 0 Å². The maximum absolute atomic E-state index is 10.8. The van der Waals surface area contributed by atoms with Crippen LogP contribution in [0.4, 0.5) is 5.69 Å². The van der Waals surface area contributed by atoms with E-state index in [1.165, 1.54) is 6.07 Å². The molecule has 92 valence electrons. The first kappa shape index (κ1) is 11.3. The predicted octanol–water partition coefficient (Wildman–Crippen LogP) is 3.81. The average Bonchev–Trinajstić information content (AvgIpc) is 2.47. The largest absolute Gasteiger partial charge is 0.270 e. The molecule has 0 amide bonds. The topological polar surface area (TPSA) is 56.0 Å². The number of nitrogens with zero attached hydrogens (tertiary/aromatic N) is 2. The van der Waals surface area contributed by atoms with Crippen molar-refractivity contribution in [3.63, 3.8) is 0 Å². The van der Waals surface area contributed by atoms with Crippen LogP contribution in [-0.2, 0) is 0 Å². The Bertz CT molecular complexity index is 754. The molecule has 0 N–H and O–H groups in total. The van der Waals surface area contributed by atoms with Crippen molar-refractivity contribution in [1.82, 2.24) is 4.98 Å². The number of nitro groups is 1. The van der Waals surface area contributed by atoms with Crippen molar-refractivity contribution in [3.05, 3.63) is 70.9 Å². The number of rotatable bonds is 2. The molecule has 3 rings (SSSR count). The highest BCUT2D eigenvalue weighted by Crippen LogP contribution is 2.25. The van der Waals surface area contributed by atoms with Crippen LogP contribution < -0.4 is 0 Å². The molecular formula is C15H10N2O2. The molecule has 4 heteroatoms. The Labute approximate surface area is 109 Å². The van der Waals surface area contributed by atoms with E-state index in [9.17, 15) is 10.1 Å². The minimum atomic E-state index is -0.394. The van der Waals surface area contributed by atoms with Crippen LogP contribution in [0.1, 0.15) is 0 Å². The van der Waals surface area contributed by atoms with Gasteiger partial charge in [0.2, 0.25) is 0 Å². The Balaban J connectivity index is 2.16. The van der Waals surface area contributed by atoms with Gasteiger partial charge in [-0.1, -0.05) is 30.3 Å². The number of hydrogen-bond acceptors (Lipinski definition) is 3. The van der Waals surface area contributed by atoms with E-state index in [4.69, 9.17) is 0 Å². The molecule has 0 aliphatic rings. The second-order valence-electron chi connectivity index (χ2n) is 4.22. The van der Waals surface area contributed by atoms with E-state index in [-0.39, 0.29) is 5.69 Å². The van der Waals surface area contributed by atoms with Crippen LogP contribution in [0.15, 0.2) is 60.8 Å². The average molecular weight is 250 g/mol. The molecule has 0 aliphatic heterocycles. The molecular weight excluding hydrogens is 240 g/mol. The summed E-state index contributed by atoms with van der Waals surface area (Å²) in [7, 11) is 0. The summed E-state index contributed by atoms with van der Waals surface area (Å²) in [4.78, 5) is 14.7. The number of benzene rings is 2. The lowest BCUT2D eigenvalue weighted by molar-refractivity contribution is -0.384. The van der Waals surface area contributed by atoms with Gasteiger partial charge in [0.15, 0.2) is 0 Å². The third-order valence-corrected chi connectivity index (χ3v) is 2.98. The monoisotopic (exact) mass is 250 g/mol. The second kappa shape index (κ2) is 4.49. The number of pyridine rings is 1. The standard InChI is InChI=1S/C15H10N2O2/c18-17(19)14-6-7-15-12(9-14)8-13(10-16-15)11-4-2-1-3-5-11/h1-10H. The van der Waals surface area contributed by atoms with Crippen LogP contribution >= 0.6 is 0 Å². The van der Waals surface area contributed by atoms with Gasteiger partial charge in [0.05, 0.1) is 10.4 Å². The van der Waals surface area contributed by atoms with Gasteiger partial charge in [0.25, 0.3) is 5.69 Å². The van der Waals surface area contributed by atoms with E-state index in [2.05, 4.69) is 4.98 Å². The summed E-state index contributed by atoms with van der Waals surface area (Å²) in [6.07, 6.45) is 1.78. The van der Waals surface area contributed by atoms with Crippen LogP contribution in [0.2, 0.25) is 0 Å². The first-order valence-corrected chi connectivity index (χ1v) is 5.84. The fourth-order valence-corrected chi connectivity index (χ4v) is 2.02. The Hall–Kier alpha value is -2.75. The lowest BCUT2D eigenvalue weighted by Crippen LogP contribution is -1.89. The molecule has 0 fully saturated rings. The summed E-state index contributed by atoms with van der Waals surface area (Å²) in [6.45, 7) is 0. The minimum absolute atomic E-state index is 0.0829. The molecule has 0 bridgehead atoms. The number of nitro benzene ring substituents is 1. The molecule has 2 aromatic carbocycles. The maximum atomic E-state index is 10.8.